The Balaban J connectivity index is 1.44. The van der Waals surface area contributed by atoms with Gasteiger partial charge >= 0.3 is 0 Å². The van der Waals surface area contributed by atoms with E-state index in [0.29, 0.717) is 11.3 Å². The summed E-state index contributed by atoms with van der Waals surface area (Å²) in [6.45, 7) is 2.93. The summed E-state index contributed by atoms with van der Waals surface area (Å²) in [5.74, 6) is 0.198. The molecule has 0 radical (unpaired) electrons. The zero-order valence-electron chi connectivity index (χ0n) is 16.2. The Morgan fingerprint density at radius 3 is 2.50 bits per heavy atom. The van der Waals surface area contributed by atoms with Crippen LogP contribution in [0.4, 0.5) is 5.69 Å². The van der Waals surface area contributed by atoms with Gasteiger partial charge in [0.15, 0.2) is 5.78 Å². The number of hydrogen-bond donors (Lipinski definition) is 1. The highest BCUT2D eigenvalue weighted by molar-refractivity contribution is 7.92. The number of hydrogen-bond acceptors (Lipinski definition) is 5. The van der Waals surface area contributed by atoms with Crippen LogP contribution in [0.15, 0.2) is 48.8 Å². The van der Waals surface area contributed by atoms with Gasteiger partial charge in [-0.05, 0) is 81.2 Å². The molecule has 1 aromatic heterocycles. The zero-order chi connectivity index (χ0) is 20.0. The Morgan fingerprint density at radius 1 is 1.18 bits per heavy atom. The summed E-state index contributed by atoms with van der Waals surface area (Å²) in [7, 11) is -3.31. The van der Waals surface area contributed by atoms with Gasteiger partial charge in [0.05, 0.1) is 6.26 Å². The minimum atomic E-state index is -3.31. The Bertz CT molecular complexity index is 875. The molecule has 6 nitrogen and oxygen atoms in total. The lowest BCUT2D eigenvalue weighted by Crippen LogP contribution is -2.37. The SMILES string of the molecule is CS(=O)(=O)Nc1ccc(C(=O)C2CCN(CCCc3cccnc3)CC2)cc1. The second-order valence-corrected chi connectivity index (χ2v) is 9.15. The van der Waals surface area contributed by atoms with Crippen molar-refractivity contribution in [1.82, 2.24) is 9.88 Å². The van der Waals surface area contributed by atoms with Gasteiger partial charge in [0.1, 0.15) is 0 Å². The van der Waals surface area contributed by atoms with Gasteiger partial charge in [0.25, 0.3) is 0 Å². The molecule has 0 saturated carbocycles. The van der Waals surface area contributed by atoms with Crippen LogP contribution in [0.5, 0.6) is 0 Å². The van der Waals surface area contributed by atoms with Crippen LogP contribution >= 0.6 is 0 Å². The third kappa shape index (κ3) is 6.14. The van der Waals surface area contributed by atoms with Crippen molar-refractivity contribution in [3.63, 3.8) is 0 Å². The van der Waals surface area contributed by atoms with Crippen LogP contribution in [0.3, 0.4) is 0 Å². The first-order valence-corrected chi connectivity index (χ1v) is 11.5. The van der Waals surface area contributed by atoms with Crippen molar-refractivity contribution < 1.29 is 13.2 Å². The first kappa shape index (κ1) is 20.5. The molecule has 0 unspecified atom stereocenters. The van der Waals surface area contributed by atoms with E-state index in [2.05, 4.69) is 20.7 Å². The smallest absolute Gasteiger partial charge is 0.229 e. The van der Waals surface area contributed by atoms with E-state index in [0.717, 1.165) is 51.6 Å². The number of aromatic nitrogens is 1. The topological polar surface area (TPSA) is 79.4 Å². The number of carbonyl (C=O) groups is 1. The summed E-state index contributed by atoms with van der Waals surface area (Å²) in [6, 6.07) is 10.8. The second-order valence-electron chi connectivity index (χ2n) is 7.40. The van der Waals surface area contributed by atoms with Crippen molar-refractivity contribution in [1.29, 1.82) is 0 Å². The Morgan fingerprint density at radius 2 is 1.89 bits per heavy atom. The molecule has 0 spiro atoms. The molecule has 28 heavy (non-hydrogen) atoms. The number of piperidine rings is 1. The summed E-state index contributed by atoms with van der Waals surface area (Å²) < 4.78 is 24.9. The highest BCUT2D eigenvalue weighted by Gasteiger charge is 2.25. The Hall–Kier alpha value is -2.25. The number of likely N-dealkylation sites (tertiary alicyclic amines) is 1. The average molecular weight is 402 g/mol. The number of rotatable bonds is 8. The molecule has 150 valence electrons. The predicted octanol–water partition coefficient (Wildman–Crippen LogP) is 2.98. The van der Waals surface area contributed by atoms with Crippen molar-refractivity contribution in [2.75, 3.05) is 30.6 Å². The predicted molar refractivity (Wildman–Crippen MR) is 111 cm³/mol. The van der Waals surface area contributed by atoms with Gasteiger partial charge in [-0.1, -0.05) is 6.07 Å². The Kier molecular flexibility index (Phi) is 6.80. The van der Waals surface area contributed by atoms with E-state index >= 15 is 0 Å². The maximum atomic E-state index is 12.7. The normalized spacial score (nSPS) is 16.0. The summed E-state index contributed by atoms with van der Waals surface area (Å²) in [5, 5.41) is 0. The van der Waals surface area contributed by atoms with Gasteiger partial charge in [0.2, 0.25) is 10.0 Å². The van der Waals surface area contributed by atoms with Crippen LogP contribution in [-0.2, 0) is 16.4 Å². The van der Waals surface area contributed by atoms with Gasteiger partial charge < -0.3 is 4.90 Å². The molecule has 1 saturated heterocycles. The second kappa shape index (κ2) is 9.30. The standard InChI is InChI=1S/C21H27N3O3S/c1-28(26,27)23-20-8-6-18(7-9-20)21(25)19-10-14-24(15-11-19)13-3-5-17-4-2-12-22-16-17/h2,4,6-9,12,16,19,23H,3,5,10-11,13-15H2,1H3. The number of anilines is 1. The number of nitrogens with zero attached hydrogens (tertiary/aromatic N) is 2. The van der Waals surface area contributed by atoms with Crippen LogP contribution in [0.1, 0.15) is 35.2 Å². The maximum absolute atomic E-state index is 12.7. The highest BCUT2D eigenvalue weighted by Crippen LogP contribution is 2.23. The molecule has 7 heteroatoms. The van der Waals surface area contributed by atoms with E-state index in [1.54, 1.807) is 30.5 Å². The fraction of sp³-hybridized carbons (Fsp3) is 0.429. The lowest BCUT2D eigenvalue weighted by atomic mass is 9.88. The molecule has 2 heterocycles. The molecule has 2 aromatic rings. The third-order valence-corrected chi connectivity index (χ3v) is 5.70. The van der Waals surface area contributed by atoms with Gasteiger partial charge in [0, 0.05) is 29.6 Å². The van der Waals surface area contributed by atoms with E-state index in [4.69, 9.17) is 0 Å². The van der Waals surface area contributed by atoms with Crippen molar-refractivity contribution in [3.05, 3.63) is 59.9 Å². The van der Waals surface area contributed by atoms with Crippen molar-refractivity contribution >= 4 is 21.5 Å². The van der Waals surface area contributed by atoms with E-state index in [9.17, 15) is 13.2 Å². The summed E-state index contributed by atoms with van der Waals surface area (Å²) in [4.78, 5) is 19.3. The minimum absolute atomic E-state index is 0.0447. The highest BCUT2D eigenvalue weighted by atomic mass is 32.2. The molecule has 0 amide bonds. The lowest BCUT2D eigenvalue weighted by Gasteiger charge is -2.31. The minimum Gasteiger partial charge on any atom is -0.303 e. The number of nitrogens with one attached hydrogen (secondary N) is 1. The zero-order valence-corrected chi connectivity index (χ0v) is 17.0. The molecule has 1 fully saturated rings. The summed E-state index contributed by atoms with van der Waals surface area (Å²) in [6.07, 6.45) is 8.68. The van der Waals surface area contributed by atoms with Crippen LogP contribution in [0, 0.1) is 5.92 Å². The molecule has 1 N–H and O–H groups in total. The monoisotopic (exact) mass is 401 g/mol. The molecule has 1 aliphatic heterocycles. The van der Waals surface area contributed by atoms with E-state index in [1.807, 2.05) is 12.3 Å². The number of carbonyl (C=O) groups excluding carboxylic acids is 1. The third-order valence-electron chi connectivity index (χ3n) is 5.09. The Labute approximate surface area is 167 Å². The summed E-state index contributed by atoms with van der Waals surface area (Å²) >= 11 is 0. The van der Waals surface area contributed by atoms with Crippen LogP contribution in [-0.4, -0.2) is 50.0 Å². The number of aryl methyl sites for hydroxylation is 1. The molecule has 1 aliphatic rings. The molecule has 0 bridgehead atoms. The van der Waals surface area contributed by atoms with E-state index in [1.165, 1.54) is 5.56 Å². The fourth-order valence-electron chi connectivity index (χ4n) is 3.62. The lowest BCUT2D eigenvalue weighted by molar-refractivity contribution is 0.0839. The first-order valence-electron chi connectivity index (χ1n) is 9.64. The first-order chi connectivity index (χ1) is 13.4. The number of pyridine rings is 1. The van der Waals surface area contributed by atoms with Gasteiger partial charge in [-0.2, -0.15) is 0 Å². The summed E-state index contributed by atoms with van der Waals surface area (Å²) in [5.41, 5.74) is 2.39. The largest absolute Gasteiger partial charge is 0.303 e. The van der Waals surface area contributed by atoms with E-state index in [-0.39, 0.29) is 11.7 Å². The molecular formula is C21H27N3O3S. The molecular weight excluding hydrogens is 374 g/mol. The number of ketones is 1. The van der Waals surface area contributed by atoms with Crippen molar-refractivity contribution in [2.45, 2.75) is 25.7 Å². The van der Waals surface area contributed by atoms with E-state index < -0.39 is 10.0 Å². The van der Waals surface area contributed by atoms with Crippen molar-refractivity contribution in [2.24, 2.45) is 5.92 Å². The quantitative estimate of drug-likeness (QED) is 0.688. The van der Waals surface area contributed by atoms with Gasteiger partial charge in [-0.25, -0.2) is 8.42 Å². The molecule has 3 rings (SSSR count). The maximum Gasteiger partial charge on any atom is 0.229 e. The van der Waals surface area contributed by atoms with Gasteiger partial charge in [-0.3, -0.25) is 14.5 Å². The average Bonchev–Trinajstić information content (AvgIpc) is 2.68. The van der Waals surface area contributed by atoms with Crippen LogP contribution in [0.2, 0.25) is 0 Å². The van der Waals surface area contributed by atoms with Crippen LogP contribution in [0.25, 0.3) is 0 Å². The fourth-order valence-corrected chi connectivity index (χ4v) is 4.19. The van der Waals surface area contributed by atoms with Crippen LogP contribution < -0.4 is 4.72 Å². The molecule has 0 atom stereocenters. The number of benzene rings is 1. The number of Topliss-reactive ketones (excluding diaryl/α,β-unsaturated/α-hetero) is 1. The molecule has 0 aliphatic carbocycles. The van der Waals surface area contributed by atoms with Gasteiger partial charge in [-0.15, -0.1) is 0 Å². The van der Waals surface area contributed by atoms with Crippen molar-refractivity contribution in [3.8, 4) is 0 Å². The number of sulfonamides is 1. The molecule has 1 aromatic carbocycles.